The highest BCUT2D eigenvalue weighted by molar-refractivity contribution is 5.90. The zero-order valence-electron chi connectivity index (χ0n) is 11.6. The third kappa shape index (κ3) is 3.25. The summed E-state index contributed by atoms with van der Waals surface area (Å²) in [7, 11) is 0. The Morgan fingerprint density at radius 2 is 1.86 bits per heavy atom. The van der Waals surface area contributed by atoms with Crippen LogP contribution in [-0.2, 0) is 6.42 Å². The van der Waals surface area contributed by atoms with E-state index in [1.54, 1.807) is 0 Å². The normalized spacial score (nSPS) is 10.3. The molecular weight excluding hydrogens is 270 g/mol. The van der Waals surface area contributed by atoms with Gasteiger partial charge >= 0.3 is 5.97 Å². The lowest BCUT2D eigenvalue weighted by Gasteiger charge is -2.06. The number of nitrogens with zero attached hydrogens (tertiary/aromatic N) is 1. The molecule has 0 radical (unpaired) electrons. The third-order valence-electron chi connectivity index (χ3n) is 3.24. The van der Waals surface area contributed by atoms with Crippen LogP contribution in [0.25, 0.3) is 11.1 Å². The first-order valence-electron chi connectivity index (χ1n) is 6.64. The van der Waals surface area contributed by atoms with Crippen molar-refractivity contribution in [1.82, 2.24) is 0 Å². The zero-order chi connectivity index (χ0) is 15.4. The van der Waals surface area contributed by atoms with Gasteiger partial charge in [0, 0.05) is 6.07 Å². The van der Waals surface area contributed by atoms with Crippen LogP contribution in [-0.4, -0.2) is 16.0 Å². The van der Waals surface area contributed by atoms with Crippen molar-refractivity contribution >= 4 is 11.7 Å². The molecule has 0 saturated carbocycles. The first kappa shape index (κ1) is 14.7. The molecule has 0 saturated heterocycles. The fourth-order valence-electron chi connectivity index (χ4n) is 2.20. The van der Waals surface area contributed by atoms with Crippen LogP contribution in [0.3, 0.4) is 0 Å². The van der Waals surface area contributed by atoms with Gasteiger partial charge in [-0.3, -0.25) is 10.1 Å². The maximum atomic E-state index is 11.2. The minimum atomic E-state index is -1.18. The van der Waals surface area contributed by atoms with Crippen LogP contribution in [0.4, 0.5) is 5.69 Å². The lowest BCUT2D eigenvalue weighted by Crippen LogP contribution is -1.99. The molecule has 0 heterocycles. The van der Waals surface area contributed by atoms with Gasteiger partial charge in [0.25, 0.3) is 5.69 Å². The minimum absolute atomic E-state index is 0.0898. The van der Waals surface area contributed by atoms with E-state index in [0.29, 0.717) is 11.1 Å². The van der Waals surface area contributed by atoms with Gasteiger partial charge in [-0.25, -0.2) is 4.79 Å². The minimum Gasteiger partial charge on any atom is -0.478 e. The molecule has 0 atom stereocenters. The number of nitro benzene ring substituents is 1. The Hall–Kier alpha value is -2.69. The van der Waals surface area contributed by atoms with Crippen LogP contribution >= 0.6 is 0 Å². The highest BCUT2D eigenvalue weighted by Crippen LogP contribution is 2.31. The second-order valence-electron chi connectivity index (χ2n) is 4.74. The predicted molar refractivity (Wildman–Crippen MR) is 79.5 cm³/mol. The number of carboxylic acids is 1. The van der Waals surface area contributed by atoms with E-state index in [0.717, 1.165) is 18.9 Å². The summed E-state index contributed by atoms with van der Waals surface area (Å²) < 4.78 is 0. The van der Waals surface area contributed by atoms with Gasteiger partial charge in [0.1, 0.15) is 0 Å². The Labute approximate surface area is 122 Å². The Morgan fingerprint density at radius 3 is 2.38 bits per heavy atom. The number of hydrogen-bond donors (Lipinski definition) is 1. The molecule has 0 fully saturated rings. The summed E-state index contributed by atoms with van der Waals surface area (Å²) in [6, 6.07) is 11.5. The van der Waals surface area contributed by atoms with Gasteiger partial charge < -0.3 is 5.11 Å². The molecule has 1 N–H and O–H groups in total. The number of aryl methyl sites for hydroxylation is 1. The summed E-state index contributed by atoms with van der Waals surface area (Å²) in [5.41, 5.74) is 2.02. The maximum absolute atomic E-state index is 11.2. The van der Waals surface area contributed by atoms with Crippen LogP contribution in [0.2, 0.25) is 0 Å². The van der Waals surface area contributed by atoms with Gasteiger partial charge in [0.2, 0.25) is 0 Å². The van der Waals surface area contributed by atoms with Crippen LogP contribution in [0.1, 0.15) is 29.3 Å². The van der Waals surface area contributed by atoms with Crippen molar-refractivity contribution in [2.45, 2.75) is 19.8 Å². The van der Waals surface area contributed by atoms with Gasteiger partial charge in [-0.05, 0) is 29.7 Å². The van der Waals surface area contributed by atoms with Gasteiger partial charge in [-0.2, -0.15) is 0 Å². The molecular formula is C16H15NO4. The topological polar surface area (TPSA) is 80.4 Å². The lowest BCUT2D eigenvalue weighted by atomic mass is 9.99. The molecule has 5 heteroatoms. The van der Waals surface area contributed by atoms with E-state index in [1.165, 1.54) is 17.7 Å². The maximum Gasteiger partial charge on any atom is 0.335 e. The fraction of sp³-hybridized carbons (Fsp3) is 0.188. The van der Waals surface area contributed by atoms with Crippen molar-refractivity contribution in [3.8, 4) is 11.1 Å². The van der Waals surface area contributed by atoms with Crippen molar-refractivity contribution < 1.29 is 14.8 Å². The van der Waals surface area contributed by atoms with Crippen molar-refractivity contribution in [2.75, 3.05) is 0 Å². The summed E-state index contributed by atoms with van der Waals surface area (Å²) in [6.45, 7) is 2.09. The summed E-state index contributed by atoms with van der Waals surface area (Å²) >= 11 is 0. The highest BCUT2D eigenvalue weighted by Gasteiger charge is 2.18. The van der Waals surface area contributed by atoms with E-state index in [9.17, 15) is 14.9 Å². The van der Waals surface area contributed by atoms with Crippen molar-refractivity contribution in [2.24, 2.45) is 0 Å². The largest absolute Gasteiger partial charge is 0.478 e. The first-order valence-corrected chi connectivity index (χ1v) is 6.64. The number of carbonyl (C=O) groups is 1. The molecule has 0 aromatic heterocycles. The summed E-state index contributed by atoms with van der Waals surface area (Å²) in [6.07, 6.45) is 1.99. The molecule has 0 unspecified atom stereocenters. The average Bonchev–Trinajstić information content (AvgIpc) is 2.47. The molecule has 5 nitrogen and oxygen atoms in total. The molecule has 0 aliphatic rings. The predicted octanol–water partition coefficient (Wildman–Crippen LogP) is 3.91. The van der Waals surface area contributed by atoms with E-state index in [2.05, 4.69) is 6.92 Å². The Kier molecular flexibility index (Phi) is 4.33. The molecule has 0 bridgehead atoms. The van der Waals surface area contributed by atoms with Crippen LogP contribution in [0.5, 0.6) is 0 Å². The van der Waals surface area contributed by atoms with Gasteiger partial charge in [0.15, 0.2) is 0 Å². The molecule has 0 aliphatic carbocycles. The molecule has 2 aromatic rings. The number of rotatable bonds is 5. The second-order valence-corrected chi connectivity index (χ2v) is 4.74. The third-order valence-corrected chi connectivity index (χ3v) is 3.24. The molecule has 2 rings (SSSR count). The number of nitro groups is 1. The Balaban J connectivity index is 2.47. The van der Waals surface area contributed by atoms with E-state index in [-0.39, 0.29) is 11.3 Å². The summed E-state index contributed by atoms with van der Waals surface area (Å²) in [5.74, 6) is -1.18. The number of carboxylic acid groups (broad SMARTS) is 1. The SMILES string of the molecule is CCCc1ccc(-c2ccc(C(=O)O)cc2[N+](=O)[O-])cc1. The van der Waals surface area contributed by atoms with E-state index >= 15 is 0 Å². The van der Waals surface area contributed by atoms with Gasteiger partial charge in [0.05, 0.1) is 16.1 Å². The van der Waals surface area contributed by atoms with Gasteiger partial charge in [-0.1, -0.05) is 37.6 Å². The van der Waals surface area contributed by atoms with Crippen molar-refractivity contribution in [3.63, 3.8) is 0 Å². The van der Waals surface area contributed by atoms with Crippen LogP contribution in [0, 0.1) is 10.1 Å². The van der Waals surface area contributed by atoms with Crippen molar-refractivity contribution in [1.29, 1.82) is 0 Å². The van der Waals surface area contributed by atoms with Gasteiger partial charge in [-0.15, -0.1) is 0 Å². The lowest BCUT2D eigenvalue weighted by molar-refractivity contribution is -0.384. The molecule has 2 aromatic carbocycles. The highest BCUT2D eigenvalue weighted by atomic mass is 16.6. The summed E-state index contributed by atoms with van der Waals surface area (Å²) in [5, 5.41) is 20.1. The number of benzene rings is 2. The average molecular weight is 285 g/mol. The molecule has 21 heavy (non-hydrogen) atoms. The standard InChI is InChI=1S/C16H15NO4/c1-2-3-11-4-6-12(7-5-11)14-9-8-13(16(18)19)10-15(14)17(20)21/h4-10H,2-3H2,1H3,(H,18,19). The first-order chi connectivity index (χ1) is 10.0. The fourth-order valence-corrected chi connectivity index (χ4v) is 2.20. The van der Waals surface area contributed by atoms with E-state index in [4.69, 9.17) is 5.11 Å². The Bertz CT molecular complexity index is 677. The molecule has 0 aliphatic heterocycles. The van der Waals surface area contributed by atoms with Crippen LogP contribution in [0.15, 0.2) is 42.5 Å². The van der Waals surface area contributed by atoms with E-state index in [1.807, 2.05) is 24.3 Å². The second kappa shape index (κ2) is 6.17. The monoisotopic (exact) mass is 285 g/mol. The summed E-state index contributed by atoms with van der Waals surface area (Å²) in [4.78, 5) is 21.5. The number of aromatic carboxylic acids is 1. The van der Waals surface area contributed by atoms with Crippen LogP contribution < -0.4 is 0 Å². The smallest absolute Gasteiger partial charge is 0.335 e. The quantitative estimate of drug-likeness (QED) is 0.667. The zero-order valence-corrected chi connectivity index (χ0v) is 11.6. The molecule has 108 valence electrons. The Morgan fingerprint density at radius 1 is 1.19 bits per heavy atom. The van der Waals surface area contributed by atoms with E-state index < -0.39 is 10.9 Å². The molecule has 0 spiro atoms. The van der Waals surface area contributed by atoms with Crippen molar-refractivity contribution in [3.05, 3.63) is 63.7 Å². The number of hydrogen-bond acceptors (Lipinski definition) is 3. The molecule has 0 amide bonds.